The quantitative estimate of drug-likeness (QED) is 0.426. The summed E-state index contributed by atoms with van der Waals surface area (Å²) in [6.07, 6.45) is 4.05. The fraction of sp³-hybridized carbons (Fsp3) is 0.304. The first-order valence-corrected chi connectivity index (χ1v) is 11.1. The van der Waals surface area contributed by atoms with Crippen molar-refractivity contribution < 1.29 is 4.79 Å². The van der Waals surface area contributed by atoms with Crippen molar-refractivity contribution in [3.05, 3.63) is 80.7 Å². The zero-order chi connectivity index (χ0) is 21.8. The van der Waals surface area contributed by atoms with E-state index >= 15 is 0 Å². The third-order valence-corrected chi connectivity index (χ3v) is 6.28. The van der Waals surface area contributed by atoms with E-state index in [9.17, 15) is 9.59 Å². The molecule has 0 unspecified atom stereocenters. The number of fused-ring (bicyclic) bond motifs is 1. The summed E-state index contributed by atoms with van der Waals surface area (Å²) in [6.45, 7) is 3.58. The zero-order valence-electron chi connectivity index (χ0n) is 17.7. The van der Waals surface area contributed by atoms with Gasteiger partial charge in [0.25, 0.3) is 5.56 Å². The molecule has 8 heteroatoms. The van der Waals surface area contributed by atoms with E-state index in [1.165, 1.54) is 27.5 Å². The Hall–Kier alpha value is -3.26. The summed E-state index contributed by atoms with van der Waals surface area (Å²) in [5.74, 6) is 0.0279. The molecule has 1 aromatic carbocycles. The molecule has 7 nitrogen and oxygen atoms in total. The molecule has 0 atom stereocenters. The van der Waals surface area contributed by atoms with Crippen molar-refractivity contribution in [2.75, 3.05) is 6.54 Å². The Balaban J connectivity index is 1.46. The van der Waals surface area contributed by atoms with Crippen LogP contribution in [-0.2, 0) is 31.4 Å². The molecule has 0 aliphatic rings. The summed E-state index contributed by atoms with van der Waals surface area (Å²) < 4.78 is 3.06. The van der Waals surface area contributed by atoms with Crippen molar-refractivity contribution in [1.29, 1.82) is 0 Å². The first-order valence-electron chi connectivity index (χ1n) is 10.3. The minimum atomic E-state index is -0.171. The normalized spacial score (nSPS) is 11.2. The van der Waals surface area contributed by atoms with Gasteiger partial charge in [-0.15, -0.1) is 11.3 Å². The molecule has 0 saturated heterocycles. The average Bonchev–Trinajstić information content (AvgIpc) is 3.36. The van der Waals surface area contributed by atoms with Crippen LogP contribution in [0.2, 0.25) is 0 Å². The summed E-state index contributed by atoms with van der Waals surface area (Å²) in [5, 5.41) is 4.56. The van der Waals surface area contributed by atoms with Gasteiger partial charge in [0.2, 0.25) is 5.91 Å². The average molecular weight is 436 g/mol. The number of aromatic nitrogens is 4. The molecule has 0 aliphatic carbocycles. The van der Waals surface area contributed by atoms with Gasteiger partial charge in [-0.1, -0.05) is 30.3 Å². The van der Waals surface area contributed by atoms with E-state index in [4.69, 9.17) is 0 Å². The molecule has 0 saturated carbocycles. The predicted octanol–water partition coefficient (Wildman–Crippen LogP) is 3.16. The number of aryl methyl sites for hydroxylation is 3. The van der Waals surface area contributed by atoms with Gasteiger partial charge in [-0.2, -0.15) is 5.10 Å². The molecule has 160 valence electrons. The van der Waals surface area contributed by atoms with Crippen molar-refractivity contribution in [1.82, 2.24) is 24.2 Å². The van der Waals surface area contributed by atoms with Crippen LogP contribution in [0.4, 0.5) is 0 Å². The van der Waals surface area contributed by atoms with Gasteiger partial charge >= 0.3 is 0 Å². The fourth-order valence-electron chi connectivity index (χ4n) is 3.56. The van der Waals surface area contributed by atoms with Crippen LogP contribution in [0.5, 0.6) is 0 Å². The molecule has 0 N–H and O–H groups in total. The van der Waals surface area contributed by atoms with Gasteiger partial charge in [0, 0.05) is 36.3 Å². The van der Waals surface area contributed by atoms with Gasteiger partial charge in [-0.25, -0.2) is 4.98 Å². The SMILES string of the molecule is Cc1ccc(CN(CCc2ccccc2)C(=O)CCn2cnc3c(cnn3C)c2=O)s1. The molecule has 31 heavy (non-hydrogen) atoms. The number of thiophene rings is 1. The maximum Gasteiger partial charge on any atom is 0.264 e. The standard InChI is InChI=1S/C23H25N5O2S/c1-17-8-9-19(31-17)15-27(12-10-18-6-4-3-5-7-18)21(29)11-13-28-16-24-22-20(23(28)30)14-25-26(22)2/h3-9,14,16H,10-13,15H2,1-2H3. The highest BCUT2D eigenvalue weighted by atomic mass is 32.1. The van der Waals surface area contributed by atoms with Crippen LogP contribution < -0.4 is 5.56 Å². The summed E-state index contributed by atoms with van der Waals surface area (Å²) >= 11 is 1.71. The number of rotatable bonds is 8. The van der Waals surface area contributed by atoms with Crippen molar-refractivity contribution in [3.8, 4) is 0 Å². The molecule has 1 amide bonds. The minimum Gasteiger partial charge on any atom is -0.337 e. The van der Waals surface area contributed by atoms with Crippen LogP contribution in [0.25, 0.3) is 11.0 Å². The molecule has 0 bridgehead atoms. The fourth-order valence-corrected chi connectivity index (χ4v) is 4.47. The smallest absolute Gasteiger partial charge is 0.264 e. The molecule has 3 aromatic heterocycles. The van der Waals surface area contributed by atoms with Gasteiger partial charge in [0.15, 0.2) is 5.65 Å². The van der Waals surface area contributed by atoms with Crippen LogP contribution >= 0.6 is 11.3 Å². The molecule has 0 fully saturated rings. The molecule has 3 heterocycles. The number of hydrogen-bond donors (Lipinski definition) is 0. The highest BCUT2D eigenvalue weighted by Gasteiger charge is 2.16. The van der Waals surface area contributed by atoms with Gasteiger partial charge in [0.1, 0.15) is 5.39 Å². The molecule has 4 aromatic rings. The zero-order valence-corrected chi connectivity index (χ0v) is 18.5. The van der Waals surface area contributed by atoms with Crippen LogP contribution in [0.15, 0.2) is 59.8 Å². The molecular formula is C23H25N5O2S. The third-order valence-electron chi connectivity index (χ3n) is 5.29. The van der Waals surface area contributed by atoms with E-state index in [1.807, 2.05) is 23.1 Å². The van der Waals surface area contributed by atoms with Gasteiger partial charge in [-0.3, -0.25) is 18.8 Å². The van der Waals surface area contributed by atoms with Crippen molar-refractivity contribution >= 4 is 28.3 Å². The summed E-state index contributed by atoms with van der Waals surface area (Å²) in [4.78, 5) is 34.4. The van der Waals surface area contributed by atoms with E-state index in [0.717, 1.165) is 11.3 Å². The topological polar surface area (TPSA) is 73.0 Å². The highest BCUT2D eigenvalue weighted by Crippen LogP contribution is 2.18. The number of carbonyl (C=O) groups is 1. The number of carbonyl (C=O) groups excluding carboxylic acids is 1. The Morgan fingerprint density at radius 1 is 1.16 bits per heavy atom. The van der Waals surface area contributed by atoms with E-state index in [2.05, 4.69) is 41.3 Å². The number of hydrogen-bond acceptors (Lipinski definition) is 5. The molecule has 0 spiro atoms. The Kier molecular flexibility index (Phi) is 6.27. The highest BCUT2D eigenvalue weighted by molar-refractivity contribution is 7.11. The first-order chi connectivity index (χ1) is 15.0. The van der Waals surface area contributed by atoms with E-state index in [1.54, 1.807) is 23.1 Å². The third kappa shape index (κ3) is 4.91. The lowest BCUT2D eigenvalue weighted by Crippen LogP contribution is -2.33. The van der Waals surface area contributed by atoms with Crippen LogP contribution in [-0.4, -0.2) is 36.7 Å². The van der Waals surface area contributed by atoms with Crippen LogP contribution in [0.1, 0.15) is 21.7 Å². The largest absolute Gasteiger partial charge is 0.337 e. The van der Waals surface area contributed by atoms with E-state index in [-0.39, 0.29) is 17.9 Å². The Morgan fingerprint density at radius 3 is 2.71 bits per heavy atom. The van der Waals surface area contributed by atoms with Gasteiger partial charge in [0.05, 0.1) is 19.1 Å². The van der Waals surface area contributed by atoms with Gasteiger partial charge < -0.3 is 4.90 Å². The Morgan fingerprint density at radius 2 is 1.97 bits per heavy atom. The van der Waals surface area contributed by atoms with E-state index < -0.39 is 0 Å². The summed E-state index contributed by atoms with van der Waals surface area (Å²) in [5.41, 5.74) is 1.57. The van der Waals surface area contributed by atoms with E-state index in [0.29, 0.717) is 30.7 Å². The summed E-state index contributed by atoms with van der Waals surface area (Å²) in [6, 6.07) is 14.3. The Labute approximate surface area is 184 Å². The second-order valence-corrected chi connectivity index (χ2v) is 8.93. The maximum atomic E-state index is 13.1. The van der Waals surface area contributed by atoms with Crippen LogP contribution in [0.3, 0.4) is 0 Å². The lowest BCUT2D eigenvalue weighted by molar-refractivity contribution is -0.132. The number of nitrogens with zero attached hydrogens (tertiary/aromatic N) is 5. The lowest BCUT2D eigenvalue weighted by atomic mass is 10.1. The number of amides is 1. The van der Waals surface area contributed by atoms with Crippen molar-refractivity contribution in [2.24, 2.45) is 7.05 Å². The predicted molar refractivity (Wildman–Crippen MR) is 122 cm³/mol. The second kappa shape index (κ2) is 9.26. The minimum absolute atomic E-state index is 0.0279. The lowest BCUT2D eigenvalue weighted by Gasteiger charge is -2.22. The molecular weight excluding hydrogens is 410 g/mol. The Bertz CT molecular complexity index is 1240. The van der Waals surface area contributed by atoms with Crippen molar-refractivity contribution in [3.63, 3.8) is 0 Å². The molecule has 0 radical (unpaired) electrons. The monoisotopic (exact) mass is 435 g/mol. The number of benzene rings is 1. The van der Waals surface area contributed by atoms with Crippen LogP contribution in [0, 0.1) is 6.92 Å². The summed E-state index contributed by atoms with van der Waals surface area (Å²) in [7, 11) is 1.75. The first kappa shape index (κ1) is 21.0. The molecule has 0 aliphatic heterocycles. The van der Waals surface area contributed by atoms with Gasteiger partial charge in [-0.05, 0) is 31.0 Å². The maximum absolute atomic E-state index is 13.1. The van der Waals surface area contributed by atoms with Crippen molar-refractivity contribution in [2.45, 2.75) is 32.9 Å². The second-order valence-electron chi connectivity index (χ2n) is 7.56. The molecule has 4 rings (SSSR count).